The fraction of sp³-hybridized carbons (Fsp3) is 0.440. The second kappa shape index (κ2) is 20.2. The Morgan fingerprint density at radius 2 is 1.59 bits per heavy atom. The molecule has 6 nitrogen and oxygen atoms in total. The van der Waals surface area contributed by atoms with Gasteiger partial charge in [-0.15, -0.1) is 12.1 Å². The molecule has 9 heteroatoms. The largest absolute Gasteiger partial charge is 0.632 e. The van der Waals surface area contributed by atoms with Crippen molar-refractivity contribution < 1.29 is 51.8 Å². The van der Waals surface area contributed by atoms with Crippen LogP contribution in [-0.2, 0) is 53.4 Å². The SMILES string of the molecule is CC(C)Cc1ccc(C(C)C(=O)Nc2cc[c-]cc2)cc1.COCCSSCCOC([NH-])=O.[Y]. The van der Waals surface area contributed by atoms with Crippen LogP contribution < -0.4 is 5.32 Å². The van der Waals surface area contributed by atoms with Crippen molar-refractivity contribution in [3.05, 3.63) is 71.5 Å². The molecule has 0 saturated heterocycles. The smallest absolute Gasteiger partial charge is 0.229 e. The maximum absolute atomic E-state index is 12.3. The molecule has 2 rings (SSSR count). The van der Waals surface area contributed by atoms with E-state index in [0.717, 1.165) is 35.8 Å². The number of ether oxygens (including phenoxy) is 2. The number of hydrogen-bond acceptors (Lipinski definition) is 6. The second-order valence-corrected chi connectivity index (χ2v) is 10.3. The molecule has 1 radical (unpaired) electrons. The zero-order chi connectivity index (χ0) is 24.5. The first-order valence-electron chi connectivity index (χ1n) is 10.8. The van der Waals surface area contributed by atoms with Gasteiger partial charge in [-0.3, -0.25) is 9.59 Å². The predicted molar refractivity (Wildman–Crippen MR) is 140 cm³/mol. The van der Waals surface area contributed by atoms with Gasteiger partial charge in [0.25, 0.3) is 0 Å². The summed E-state index contributed by atoms with van der Waals surface area (Å²) in [5.41, 5.74) is 9.60. The number of benzene rings is 2. The van der Waals surface area contributed by atoms with Crippen LogP contribution >= 0.6 is 21.6 Å². The first-order valence-corrected chi connectivity index (χ1v) is 13.3. The first-order chi connectivity index (χ1) is 15.8. The van der Waals surface area contributed by atoms with E-state index in [9.17, 15) is 9.59 Å². The summed E-state index contributed by atoms with van der Waals surface area (Å²) in [7, 11) is 4.94. The van der Waals surface area contributed by atoms with Crippen molar-refractivity contribution in [3.8, 4) is 0 Å². The normalized spacial score (nSPS) is 11.0. The zero-order valence-corrected chi connectivity index (χ0v) is 24.8. The van der Waals surface area contributed by atoms with E-state index in [1.54, 1.807) is 40.8 Å². The van der Waals surface area contributed by atoms with Crippen molar-refractivity contribution in [2.24, 2.45) is 5.92 Å². The average Bonchev–Trinajstić information content (AvgIpc) is 2.79. The van der Waals surface area contributed by atoms with E-state index in [1.165, 1.54) is 5.56 Å². The summed E-state index contributed by atoms with van der Waals surface area (Å²) < 4.78 is 9.25. The Morgan fingerprint density at radius 1 is 1.00 bits per heavy atom. The van der Waals surface area contributed by atoms with Gasteiger partial charge in [0.2, 0.25) is 12.0 Å². The van der Waals surface area contributed by atoms with E-state index in [-0.39, 0.29) is 44.5 Å². The fourth-order valence-electron chi connectivity index (χ4n) is 2.69. The Balaban J connectivity index is 0.000000723. The van der Waals surface area contributed by atoms with Crippen LogP contribution in [-0.4, -0.2) is 43.8 Å². The Kier molecular flexibility index (Phi) is 19.5. The van der Waals surface area contributed by atoms with Gasteiger partial charge in [0.1, 0.15) is 0 Å². The molecule has 2 aromatic carbocycles. The molecular formula is C25H34N2O4S2Y-2. The van der Waals surface area contributed by atoms with E-state index < -0.39 is 6.09 Å². The Bertz CT molecular complexity index is 808. The monoisotopic (exact) mass is 579 g/mol. The zero-order valence-electron chi connectivity index (χ0n) is 20.3. The summed E-state index contributed by atoms with van der Waals surface area (Å²) in [5.74, 6) is 2.14. The van der Waals surface area contributed by atoms with Crippen molar-refractivity contribution in [1.82, 2.24) is 0 Å². The topological polar surface area (TPSA) is 88.4 Å². The minimum Gasteiger partial charge on any atom is -0.632 e. The summed E-state index contributed by atoms with van der Waals surface area (Å²) in [6.07, 6.45) is 0.110. The minimum absolute atomic E-state index is 0. The predicted octanol–water partition coefficient (Wildman–Crippen LogP) is 6.63. The average molecular weight is 580 g/mol. The summed E-state index contributed by atoms with van der Waals surface area (Å²) in [5, 5.41) is 2.93. The number of anilines is 1. The third-order valence-corrected chi connectivity index (χ3v) is 6.69. The van der Waals surface area contributed by atoms with Gasteiger partial charge in [0, 0.05) is 51.3 Å². The Hall–Kier alpha value is -1.06. The maximum Gasteiger partial charge on any atom is 0.229 e. The molecule has 0 heterocycles. The van der Waals surface area contributed by atoms with Crippen LogP contribution in [0.1, 0.15) is 37.8 Å². The van der Waals surface area contributed by atoms with Crippen molar-refractivity contribution in [3.63, 3.8) is 0 Å². The van der Waals surface area contributed by atoms with Crippen LogP contribution in [0.5, 0.6) is 0 Å². The molecule has 0 saturated carbocycles. The maximum atomic E-state index is 12.3. The van der Waals surface area contributed by atoms with E-state index in [4.69, 9.17) is 10.5 Å². The van der Waals surface area contributed by atoms with Crippen LogP contribution in [0.15, 0.2) is 48.5 Å². The molecule has 1 unspecified atom stereocenters. The van der Waals surface area contributed by atoms with Crippen LogP contribution in [0, 0.1) is 12.0 Å². The molecule has 185 valence electrons. The van der Waals surface area contributed by atoms with E-state index in [2.05, 4.69) is 54.2 Å². The van der Waals surface area contributed by atoms with Gasteiger partial charge in [-0.25, -0.2) is 0 Å². The number of methoxy groups -OCH3 is 1. The molecule has 0 aromatic heterocycles. The van der Waals surface area contributed by atoms with Gasteiger partial charge in [-0.1, -0.05) is 65.4 Å². The second-order valence-electron chi connectivity index (χ2n) is 7.61. The van der Waals surface area contributed by atoms with Gasteiger partial charge in [0.05, 0.1) is 19.1 Å². The molecule has 2 amide bonds. The molecule has 1 atom stereocenters. The Morgan fingerprint density at radius 3 is 2.12 bits per heavy atom. The number of carbonyl (C=O) groups is 2. The van der Waals surface area contributed by atoms with Gasteiger partial charge < -0.3 is 20.5 Å². The molecule has 34 heavy (non-hydrogen) atoms. The quantitative estimate of drug-likeness (QED) is 0.173. The number of amides is 2. The van der Waals surface area contributed by atoms with Crippen LogP contribution in [0.3, 0.4) is 0 Å². The van der Waals surface area contributed by atoms with Crippen LogP contribution in [0.25, 0.3) is 5.73 Å². The molecule has 0 aliphatic heterocycles. The standard InChI is InChI=1S/C19H22NO.C6H13NO3S2.Y/c1-14(2)13-16-9-11-17(12-10-16)15(3)19(21)20-18-7-5-4-6-8-18;1-9-2-4-11-12-5-3-10-6(7)8;/h5-12,14-15H,13H2,1-3H3,(H,20,21);2-5H2,1H3,(H2,7,8);/q-1;;/p-1. The number of hydrogen-bond donors (Lipinski definition) is 1. The number of nitrogens with one attached hydrogen (secondary N) is 2. The molecule has 0 aliphatic carbocycles. The van der Waals surface area contributed by atoms with Gasteiger partial charge in [0.15, 0.2) is 0 Å². The van der Waals surface area contributed by atoms with E-state index in [1.807, 2.05) is 19.1 Å². The van der Waals surface area contributed by atoms with E-state index >= 15 is 0 Å². The van der Waals surface area contributed by atoms with Gasteiger partial charge in [-0.05, 0) is 30.4 Å². The molecule has 2 N–H and O–H groups in total. The van der Waals surface area contributed by atoms with Crippen molar-refractivity contribution in [1.29, 1.82) is 0 Å². The first kappa shape index (κ1) is 32.9. The molecular weight excluding hydrogens is 545 g/mol. The van der Waals surface area contributed by atoms with E-state index in [0.29, 0.717) is 12.5 Å². The van der Waals surface area contributed by atoms with Crippen LogP contribution in [0.4, 0.5) is 10.5 Å². The molecule has 2 aromatic rings. The summed E-state index contributed by atoms with van der Waals surface area (Å²) in [6.45, 7) is 7.40. The minimum atomic E-state index is -0.961. The Labute approximate surface area is 237 Å². The third kappa shape index (κ3) is 15.8. The molecule has 0 bridgehead atoms. The number of carbonyl (C=O) groups excluding carboxylic acids is 2. The molecule has 0 aliphatic rings. The molecule has 0 fully saturated rings. The summed E-state index contributed by atoms with van der Waals surface area (Å²) in [6, 6.07) is 18.6. The van der Waals surface area contributed by atoms with Crippen molar-refractivity contribution >= 4 is 39.3 Å². The molecule has 0 spiro atoms. The number of rotatable bonds is 12. The van der Waals surface area contributed by atoms with Crippen molar-refractivity contribution in [2.75, 3.05) is 37.1 Å². The third-order valence-electron chi connectivity index (χ3n) is 4.36. The summed E-state index contributed by atoms with van der Waals surface area (Å²) in [4.78, 5) is 22.2. The fourth-order valence-corrected chi connectivity index (χ4v) is 4.43. The van der Waals surface area contributed by atoms with Gasteiger partial charge >= 0.3 is 0 Å². The van der Waals surface area contributed by atoms with Crippen LogP contribution in [0.2, 0.25) is 0 Å². The van der Waals surface area contributed by atoms with Gasteiger partial charge in [-0.2, -0.15) is 18.2 Å². The summed E-state index contributed by atoms with van der Waals surface area (Å²) >= 11 is 0. The van der Waals surface area contributed by atoms with Crippen molar-refractivity contribution in [2.45, 2.75) is 33.1 Å².